The minimum absolute atomic E-state index is 0.0854. The largest absolute Gasteiger partial charge is 0.478 e. The van der Waals surface area contributed by atoms with Crippen molar-refractivity contribution >= 4 is 34.9 Å². The topological polar surface area (TPSA) is 33.0 Å². The quantitative estimate of drug-likeness (QED) is 0.446. The minimum Gasteiger partial charge on any atom is -0.478 e. The Morgan fingerprint density at radius 1 is 1.18 bits per heavy atom. The summed E-state index contributed by atoms with van der Waals surface area (Å²) in [6.45, 7) is 0.0854. The van der Waals surface area contributed by atoms with E-state index in [1.54, 1.807) is 18.2 Å². The number of nitrogens with zero attached hydrogens (tertiary/aromatic N) is 1. The molecule has 0 aliphatic carbocycles. The third-order valence-electron chi connectivity index (χ3n) is 2.84. The lowest BCUT2D eigenvalue weighted by Crippen LogP contribution is -1.95. The van der Waals surface area contributed by atoms with Crippen molar-refractivity contribution in [1.29, 1.82) is 5.26 Å². The summed E-state index contributed by atoms with van der Waals surface area (Å²) in [7, 11) is 0. The molecule has 0 atom stereocenters. The number of hydrogen-bond acceptors (Lipinski definition) is 2. The molecule has 0 spiro atoms. The highest BCUT2D eigenvalue weighted by Gasteiger charge is 2.09. The Balaban J connectivity index is 2.40. The van der Waals surface area contributed by atoms with E-state index in [0.717, 1.165) is 5.56 Å². The summed E-state index contributed by atoms with van der Waals surface area (Å²) in [6, 6.07) is 14.9. The lowest BCUT2D eigenvalue weighted by atomic mass is 10.0. The molecule has 0 heterocycles. The highest BCUT2D eigenvalue weighted by Crippen LogP contribution is 2.35. The van der Waals surface area contributed by atoms with Gasteiger partial charge in [-0.25, -0.2) is 0 Å². The van der Waals surface area contributed by atoms with E-state index in [4.69, 9.17) is 34.4 Å². The number of terminal acetylenes is 1. The first-order chi connectivity index (χ1) is 10.7. The zero-order chi connectivity index (χ0) is 15.9. The van der Waals surface area contributed by atoms with E-state index in [0.29, 0.717) is 26.9 Å². The smallest absolute Gasteiger partial charge is 0.157 e. The Bertz CT molecular complexity index is 760. The monoisotopic (exact) mass is 327 g/mol. The van der Waals surface area contributed by atoms with Gasteiger partial charge in [-0.05, 0) is 29.3 Å². The van der Waals surface area contributed by atoms with Crippen LogP contribution in [0, 0.1) is 23.7 Å². The molecule has 0 N–H and O–H groups in total. The summed E-state index contributed by atoms with van der Waals surface area (Å²) in [4.78, 5) is 0. The van der Waals surface area contributed by atoms with Crippen molar-refractivity contribution in [3.63, 3.8) is 0 Å². The zero-order valence-electron chi connectivity index (χ0n) is 11.5. The summed E-state index contributed by atoms with van der Waals surface area (Å²) in [5.74, 6) is 2.70. The SMILES string of the molecule is C#CCOc1c(Cl)cc(/C=C(\C#N)c2ccccc2)cc1Cl. The van der Waals surface area contributed by atoms with Crippen LogP contribution in [0.3, 0.4) is 0 Å². The summed E-state index contributed by atoms with van der Waals surface area (Å²) >= 11 is 12.3. The summed E-state index contributed by atoms with van der Waals surface area (Å²) in [5, 5.41) is 10.0. The molecule has 4 heteroatoms. The number of benzene rings is 2. The third kappa shape index (κ3) is 3.83. The Hall–Kier alpha value is -2.39. The predicted molar refractivity (Wildman–Crippen MR) is 90.7 cm³/mol. The number of rotatable bonds is 4. The molecule has 0 fully saturated rings. The number of allylic oxidation sites excluding steroid dienone is 1. The molecule has 0 aromatic heterocycles. The maximum Gasteiger partial charge on any atom is 0.157 e. The van der Waals surface area contributed by atoms with Crippen molar-refractivity contribution in [2.45, 2.75) is 0 Å². The van der Waals surface area contributed by atoms with Crippen LogP contribution < -0.4 is 4.74 Å². The van der Waals surface area contributed by atoms with E-state index >= 15 is 0 Å². The van der Waals surface area contributed by atoms with Gasteiger partial charge in [0, 0.05) is 0 Å². The van der Waals surface area contributed by atoms with Gasteiger partial charge < -0.3 is 4.74 Å². The van der Waals surface area contributed by atoms with E-state index in [1.165, 1.54) is 0 Å². The predicted octanol–water partition coefficient (Wildman–Crippen LogP) is 5.07. The van der Waals surface area contributed by atoms with Crippen LogP contribution in [0.4, 0.5) is 0 Å². The van der Waals surface area contributed by atoms with Gasteiger partial charge in [0.2, 0.25) is 0 Å². The molecule has 108 valence electrons. The number of ether oxygens (including phenoxy) is 1. The van der Waals surface area contributed by atoms with Gasteiger partial charge in [0.15, 0.2) is 5.75 Å². The fraction of sp³-hybridized carbons (Fsp3) is 0.0556. The van der Waals surface area contributed by atoms with Crippen LogP contribution in [0.2, 0.25) is 10.0 Å². The molecule has 0 saturated carbocycles. The number of hydrogen-bond donors (Lipinski definition) is 0. The van der Waals surface area contributed by atoms with Gasteiger partial charge in [0.05, 0.1) is 21.7 Å². The van der Waals surface area contributed by atoms with Gasteiger partial charge in [0.25, 0.3) is 0 Å². The molecular formula is C18H11Cl2NO. The van der Waals surface area contributed by atoms with Crippen molar-refractivity contribution in [2.75, 3.05) is 6.61 Å². The van der Waals surface area contributed by atoms with E-state index < -0.39 is 0 Å². The molecule has 0 unspecified atom stereocenters. The first-order valence-corrected chi connectivity index (χ1v) is 7.14. The first-order valence-electron chi connectivity index (χ1n) is 6.38. The van der Waals surface area contributed by atoms with Crippen LogP contribution in [0.1, 0.15) is 11.1 Å². The molecule has 2 aromatic carbocycles. The van der Waals surface area contributed by atoms with E-state index in [9.17, 15) is 5.26 Å². The zero-order valence-corrected chi connectivity index (χ0v) is 13.0. The van der Waals surface area contributed by atoms with Crippen LogP contribution in [0.5, 0.6) is 5.75 Å². The second-order valence-electron chi connectivity index (χ2n) is 4.34. The average Bonchev–Trinajstić information content (AvgIpc) is 2.53. The average molecular weight is 328 g/mol. The number of nitriles is 1. The molecule has 0 saturated heterocycles. The molecule has 0 amide bonds. The Labute approximate surface area is 139 Å². The van der Waals surface area contributed by atoms with Gasteiger partial charge >= 0.3 is 0 Å². The third-order valence-corrected chi connectivity index (χ3v) is 3.40. The molecule has 2 aromatic rings. The lowest BCUT2D eigenvalue weighted by molar-refractivity contribution is 0.371. The van der Waals surface area contributed by atoms with Crippen molar-refractivity contribution in [3.8, 4) is 24.2 Å². The molecule has 0 aliphatic heterocycles. The maximum absolute atomic E-state index is 9.32. The fourth-order valence-corrected chi connectivity index (χ4v) is 2.49. The molecule has 0 radical (unpaired) electrons. The van der Waals surface area contributed by atoms with E-state index in [1.807, 2.05) is 30.3 Å². The van der Waals surface area contributed by atoms with Crippen molar-refractivity contribution in [1.82, 2.24) is 0 Å². The number of halogens is 2. The van der Waals surface area contributed by atoms with Crippen molar-refractivity contribution < 1.29 is 4.74 Å². The standard InChI is InChI=1S/C18H11Cl2NO/c1-2-8-22-18-16(19)10-13(11-17(18)20)9-15(12-21)14-6-4-3-5-7-14/h1,3-7,9-11H,8H2/b15-9+. The van der Waals surface area contributed by atoms with Crippen LogP contribution in [0.15, 0.2) is 42.5 Å². The molecule has 0 aliphatic rings. The van der Waals surface area contributed by atoms with Gasteiger partial charge in [-0.2, -0.15) is 5.26 Å². The van der Waals surface area contributed by atoms with Gasteiger partial charge in [0.1, 0.15) is 6.61 Å². The second kappa shape index (κ2) is 7.57. The lowest BCUT2D eigenvalue weighted by Gasteiger charge is -2.08. The molecule has 22 heavy (non-hydrogen) atoms. The van der Waals surface area contributed by atoms with Crippen LogP contribution in [-0.4, -0.2) is 6.61 Å². The van der Waals surface area contributed by atoms with E-state index in [2.05, 4.69) is 12.0 Å². The fourth-order valence-electron chi connectivity index (χ4n) is 1.88. The van der Waals surface area contributed by atoms with Crippen molar-refractivity contribution in [3.05, 3.63) is 63.6 Å². The second-order valence-corrected chi connectivity index (χ2v) is 5.16. The van der Waals surface area contributed by atoms with Gasteiger partial charge in [-0.1, -0.05) is 59.5 Å². The normalized spacial score (nSPS) is 10.6. The van der Waals surface area contributed by atoms with Crippen LogP contribution in [-0.2, 0) is 0 Å². The maximum atomic E-state index is 9.32. The highest BCUT2D eigenvalue weighted by molar-refractivity contribution is 6.37. The first kappa shape index (κ1) is 16.0. The van der Waals surface area contributed by atoms with Crippen LogP contribution in [0.25, 0.3) is 11.6 Å². The highest BCUT2D eigenvalue weighted by atomic mass is 35.5. The van der Waals surface area contributed by atoms with Crippen molar-refractivity contribution in [2.24, 2.45) is 0 Å². The summed E-state index contributed by atoms with van der Waals surface area (Å²) in [5.41, 5.74) is 2.05. The molecule has 0 bridgehead atoms. The van der Waals surface area contributed by atoms with Gasteiger partial charge in [-0.15, -0.1) is 6.42 Å². The Kier molecular flexibility index (Phi) is 5.50. The Morgan fingerprint density at radius 3 is 2.36 bits per heavy atom. The van der Waals surface area contributed by atoms with E-state index in [-0.39, 0.29) is 6.61 Å². The molecular weight excluding hydrogens is 317 g/mol. The minimum atomic E-state index is 0.0854. The van der Waals surface area contributed by atoms with Gasteiger partial charge in [-0.3, -0.25) is 0 Å². The summed E-state index contributed by atoms with van der Waals surface area (Å²) < 4.78 is 5.30. The molecule has 2 rings (SSSR count). The summed E-state index contributed by atoms with van der Waals surface area (Å²) in [6.07, 6.45) is 6.87. The molecule has 2 nitrogen and oxygen atoms in total. The van der Waals surface area contributed by atoms with Crippen LogP contribution >= 0.6 is 23.2 Å². The Morgan fingerprint density at radius 2 is 1.82 bits per heavy atom.